The number of hydrogen-bond acceptors (Lipinski definition) is 6. The summed E-state index contributed by atoms with van der Waals surface area (Å²) in [6.45, 7) is 5.84. The summed E-state index contributed by atoms with van der Waals surface area (Å²) < 4.78 is 34.3. The third-order valence-electron chi connectivity index (χ3n) is 7.97. The van der Waals surface area contributed by atoms with Crippen molar-refractivity contribution in [3.05, 3.63) is 65.0 Å². The Balaban J connectivity index is 1.19. The molecule has 1 aliphatic carbocycles. The zero-order valence-electron chi connectivity index (χ0n) is 21.3. The number of β-amino-alcohol motifs (C(OH)–C–C–N with tert-alkyl or cyclic N) is 1. The molecule has 0 radical (unpaired) electrons. The van der Waals surface area contributed by atoms with Crippen LogP contribution >= 0.6 is 0 Å². The second-order valence-electron chi connectivity index (χ2n) is 10.7. The molecule has 38 heavy (non-hydrogen) atoms. The van der Waals surface area contributed by atoms with Gasteiger partial charge in [-0.25, -0.2) is 13.3 Å². The Hall–Kier alpha value is -3.73. The van der Waals surface area contributed by atoms with Crippen molar-refractivity contribution in [1.29, 1.82) is 0 Å². The summed E-state index contributed by atoms with van der Waals surface area (Å²) in [6, 6.07) is 0.851. The molecular weight excluding hydrogens is 496 g/mol. The smallest absolute Gasteiger partial charge is 0.268 e. The number of nitrogens with zero attached hydrogens (tertiary/aromatic N) is 4. The van der Waals surface area contributed by atoms with Crippen molar-refractivity contribution in [1.82, 2.24) is 24.7 Å². The Morgan fingerprint density at radius 1 is 1.26 bits per heavy atom. The number of rotatable bonds is 5. The van der Waals surface area contributed by atoms with E-state index in [2.05, 4.69) is 10.4 Å². The SMILES string of the molecule is CC1=C(C(=O)NC2CC(F)(F)C2)N2C=CC(Oc3ccnn4cc(C(=O)N5C[C@@H](O)[C@H]5C)c(C)c34)=CC2C1. The van der Waals surface area contributed by atoms with Crippen LogP contribution in [0, 0.1) is 6.92 Å². The average molecular weight is 526 g/mol. The predicted octanol–water partition coefficient (Wildman–Crippen LogP) is 2.90. The summed E-state index contributed by atoms with van der Waals surface area (Å²) in [5.41, 5.74) is 3.26. The average Bonchev–Trinajstić information content (AvgIpc) is 3.36. The number of likely N-dealkylation sites (tertiary alicyclic amines) is 1. The van der Waals surface area contributed by atoms with Gasteiger partial charge in [0.1, 0.15) is 17.0 Å². The van der Waals surface area contributed by atoms with Gasteiger partial charge in [-0.3, -0.25) is 9.59 Å². The molecule has 6 rings (SSSR count). The summed E-state index contributed by atoms with van der Waals surface area (Å²) in [4.78, 5) is 29.4. The molecule has 2 aromatic heterocycles. The molecule has 2 aromatic rings. The molecule has 3 aliphatic heterocycles. The molecule has 0 bridgehead atoms. The van der Waals surface area contributed by atoms with Crippen LogP contribution in [0.15, 0.2) is 53.8 Å². The number of carbonyl (C=O) groups excluding carboxylic acids is 2. The Morgan fingerprint density at radius 3 is 2.71 bits per heavy atom. The summed E-state index contributed by atoms with van der Waals surface area (Å²) in [6.07, 6.45) is 8.17. The number of allylic oxidation sites excluding steroid dienone is 1. The number of halogens is 2. The first-order valence-electron chi connectivity index (χ1n) is 12.7. The first kappa shape index (κ1) is 24.6. The minimum absolute atomic E-state index is 0.138. The molecule has 5 heterocycles. The Morgan fingerprint density at radius 2 is 2.03 bits per heavy atom. The van der Waals surface area contributed by atoms with Gasteiger partial charge >= 0.3 is 0 Å². The van der Waals surface area contributed by atoms with E-state index in [9.17, 15) is 23.5 Å². The van der Waals surface area contributed by atoms with E-state index >= 15 is 0 Å². The summed E-state index contributed by atoms with van der Waals surface area (Å²) >= 11 is 0. The number of amides is 2. The summed E-state index contributed by atoms with van der Waals surface area (Å²) in [5, 5.41) is 16.9. The van der Waals surface area contributed by atoms with Crippen molar-refractivity contribution in [2.45, 2.75) is 70.2 Å². The molecule has 3 atom stereocenters. The topological polar surface area (TPSA) is 99.4 Å². The van der Waals surface area contributed by atoms with Crippen LogP contribution in [-0.2, 0) is 4.79 Å². The van der Waals surface area contributed by atoms with Gasteiger partial charge in [-0.1, -0.05) is 0 Å². The Bertz CT molecular complexity index is 1440. The first-order valence-corrected chi connectivity index (χ1v) is 12.7. The Labute approximate surface area is 218 Å². The molecule has 2 fully saturated rings. The van der Waals surface area contributed by atoms with Crippen molar-refractivity contribution in [3.63, 3.8) is 0 Å². The number of nitrogens with one attached hydrogen (secondary N) is 1. The fraction of sp³-hybridized carbons (Fsp3) is 0.444. The molecular formula is C27H29F2N5O4. The van der Waals surface area contributed by atoms with Crippen molar-refractivity contribution < 1.29 is 28.2 Å². The van der Waals surface area contributed by atoms with E-state index in [1.165, 1.54) is 0 Å². The molecule has 0 aromatic carbocycles. The number of hydrogen-bond donors (Lipinski definition) is 2. The standard InChI is InChI=1S/C27H29F2N5O4/c1-14-8-18-9-19(5-7-32(18)23(14)25(36)31-17-10-27(28,29)11-17)38-22-4-6-30-34-12-20(15(2)24(22)34)26(37)33-13-21(35)16(33)3/h4-7,9,12,16-18,21,35H,8,10-11,13H2,1-3H3,(H,31,36)/t16-,18?,21-/m1/s1. The Kier molecular flexibility index (Phi) is 5.60. The number of aliphatic hydroxyl groups excluding tert-OH is 1. The molecule has 1 saturated heterocycles. The van der Waals surface area contributed by atoms with E-state index in [1.54, 1.807) is 40.2 Å². The van der Waals surface area contributed by atoms with Crippen LogP contribution in [0.5, 0.6) is 5.75 Å². The highest BCUT2D eigenvalue weighted by molar-refractivity contribution is 5.99. The summed E-state index contributed by atoms with van der Waals surface area (Å²) in [5.74, 6) is -2.08. The maximum absolute atomic E-state index is 13.2. The zero-order valence-corrected chi connectivity index (χ0v) is 21.3. The van der Waals surface area contributed by atoms with Gasteiger partial charge in [0.2, 0.25) is 0 Å². The second kappa shape index (κ2) is 8.65. The van der Waals surface area contributed by atoms with Crippen LogP contribution < -0.4 is 10.1 Å². The maximum Gasteiger partial charge on any atom is 0.268 e. The molecule has 200 valence electrons. The van der Waals surface area contributed by atoms with Crippen LogP contribution in [0.25, 0.3) is 5.52 Å². The number of carbonyl (C=O) groups is 2. The number of fused-ring (bicyclic) bond motifs is 2. The fourth-order valence-electron chi connectivity index (χ4n) is 5.68. The monoisotopic (exact) mass is 525 g/mol. The minimum Gasteiger partial charge on any atom is -0.455 e. The van der Waals surface area contributed by atoms with Crippen molar-refractivity contribution in [2.24, 2.45) is 0 Å². The van der Waals surface area contributed by atoms with E-state index < -0.39 is 18.1 Å². The third-order valence-corrected chi connectivity index (χ3v) is 7.97. The molecule has 1 saturated carbocycles. The van der Waals surface area contributed by atoms with E-state index in [1.807, 2.05) is 31.7 Å². The summed E-state index contributed by atoms with van der Waals surface area (Å²) in [7, 11) is 0. The van der Waals surface area contributed by atoms with Gasteiger partial charge in [0.25, 0.3) is 17.7 Å². The van der Waals surface area contributed by atoms with Gasteiger partial charge in [-0.15, -0.1) is 0 Å². The normalized spacial score (nSPS) is 26.2. The number of aromatic nitrogens is 2. The number of alkyl halides is 2. The lowest BCUT2D eigenvalue weighted by Crippen LogP contribution is -2.60. The minimum atomic E-state index is -2.69. The van der Waals surface area contributed by atoms with Gasteiger partial charge < -0.3 is 25.0 Å². The maximum atomic E-state index is 13.2. The molecule has 9 nitrogen and oxygen atoms in total. The van der Waals surface area contributed by atoms with Crippen molar-refractivity contribution >= 4 is 17.3 Å². The quantitative estimate of drug-likeness (QED) is 0.623. The van der Waals surface area contributed by atoms with E-state index in [4.69, 9.17) is 4.74 Å². The first-order chi connectivity index (χ1) is 18.0. The number of aliphatic hydroxyl groups is 1. The predicted molar refractivity (Wildman–Crippen MR) is 133 cm³/mol. The van der Waals surface area contributed by atoms with E-state index in [0.717, 1.165) is 11.1 Å². The largest absolute Gasteiger partial charge is 0.455 e. The van der Waals surface area contributed by atoms with Crippen LogP contribution in [0.2, 0.25) is 0 Å². The van der Waals surface area contributed by atoms with Gasteiger partial charge in [0, 0.05) is 43.9 Å². The van der Waals surface area contributed by atoms with Gasteiger partial charge in [-0.05, 0) is 50.5 Å². The number of aryl methyl sites for hydroxylation is 1. The lowest BCUT2D eigenvalue weighted by Gasteiger charge is -2.43. The number of ether oxygens (including phenoxy) is 1. The lowest BCUT2D eigenvalue weighted by atomic mass is 9.88. The van der Waals surface area contributed by atoms with Crippen molar-refractivity contribution in [2.75, 3.05) is 6.54 Å². The lowest BCUT2D eigenvalue weighted by molar-refractivity contribution is -0.127. The molecule has 2 amide bonds. The highest BCUT2D eigenvalue weighted by Crippen LogP contribution is 2.39. The highest BCUT2D eigenvalue weighted by Gasteiger charge is 2.47. The van der Waals surface area contributed by atoms with Crippen LogP contribution in [0.1, 0.15) is 49.0 Å². The van der Waals surface area contributed by atoms with Crippen LogP contribution in [-0.4, -0.2) is 73.0 Å². The van der Waals surface area contributed by atoms with Crippen LogP contribution in [0.3, 0.4) is 0 Å². The van der Waals surface area contributed by atoms with Crippen LogP contribution in [0.4, 0.5) is 8.78 Å². The van der Waals surface area contributed by atoms with Gasteiger partial charge in [0.05, 0.1) is 29.9 Å². The molecule has 4 aliphatic rings. The molecule has 0 spiro atoms. The fourth-order valence-corrected chi connectivity index (χ4v) is 5.68. The van der Waals surface area contributed by atoms with Crippen molar-refractivity contribution in [3.8, 4) is 5.75 Å². The van der Waals surface area contributed by atoms with E-state index in [-0.39, 0.29) is 36.7 Å². The third kappa shape index (κ3) is 3.96. The van der Waals surface area contributed by atoms with Gasteiger partial charge in [-0.2, -0.15) is 5.10 Å². The molecule has 1 unspecified atom stereocenters. The molecule has 11 heteroatoms. The van der Waals surface area contributed by atoms with Gasteiger partial charge in [0.15, 0.2) is 5.75 Å². The zero-order chi connectivity index (χ0) is 26.9. The highest BCUT2D eigenvalue weighted by atomic mass is 19.3. The van der Waals surface area contributed by atoms with E-state index in [0.29, 0.717) is 41.3 Å². The molecule has 2 N–H and O–H groups in total. The second-order valence-corrected chi connectivity index (χ2v) is 10.7.